The second kappa shape index (κ2) is 11.9. The molecule has 0 aliphatic heterocycles. The number of aryl methyl sites for hydroxylation is 3. The third-order valence-corrected chi connectivity index (χ3v) is 7.72. The molecule has 1 aromatic heterocycles. The van der Waals surface area contributed by atoms with E-state index in [4.69, 9.17) is 9.47 Å². The van der Waals surface area contributed by atoms with Gasteiger partial charge in [-0.3, -0.25) is 0 Å². The van der Waals surface area contributed by atoms with Gasteiger partial charge in [0, 0.05) is 35.3 Å². The summed E-state index contributed by atoms with van der Waals surface area (Å²) in [7, 11) is 1.97. The average Bonchev–Trinajstić information content (AvgIpc) is 3.44. The summed E-state index contributed by atoms with van der Waals surface area (Å²) in [5.74, 6) is -2.35. The van der Waals surface area contributed by atoms with Gasteiger partial charge in [-0.2, -0.15) is 13.2 Å². The second-order valence-electron chi connectivity index (χ2n) is 10.6. The van der Waals surface area contributed by atoms with Crippen molar-refractivity contribution in [2.45, 2.75) is 84.1 Å². The molecule has 0 saturated heterocycles. The Balaban J connectivity index is 1.59. The molecule has 0 spiro atoms. The molecule has 3 unspecified atom stereocenters. The molecule has 1 aliphatic rings. The van der Waals surface area contributed by atoms with Gasteiger partial charge in [0.15, 0.2) is 0 Å². The van der Waals surface area contributed by atoms with Crippen LogP contribution in [-0.2, 0) is 29.4 Å². The van der Waals surface area contributed by atoms with Gasteiger partial charge in [0.05, 0.1) is 5.52 Å². The molecule has 1 heterocycles. The monoisotopic (exact) mass is 541 g/mol. The van der Waals surface area contributed by atoms with Crippen LogP contribution < -0.4 is 4.74 Å². The predicted octanol–water partition coefficient (Wildman–Crippen LogP) is 8.35. The number of aromatic nitrogens is 1. The summed E-state index contributed by atoms with van der Waals surface area (Å²) in [5.41, 5.74) is 5.79. The van der Waals surface area contributed by atoms with Crippen LogP contribution in [0.1, 0.15) is 64.0 Å². The van der Waals surface area contributed by atoms with Gasteiger partial charge in [-0.25, -0.2) is 4.79 Å². The largest absolute Gasteiger partial charge is 0.490 e. The van der Waals surface area contributed by atoms with Crippen molar-refractivity contribution in [3.8, 4) is 17.0 Å². The van der Waals surface area contributed by atoms with E-state index in [1.807, 2.05) is 13.1 Å². The first-order valence-corrected chi connectivity index (χ1v) is 13.8. The van der Waals surface area contributed by atoms with Crippen molar-refractivity contribution in [3.63, 3.8) is 0 Å². The third kappa shape index (κ3) is 6.34. The summed E-state index contributed by atoms with van der Waals surface area (Å²) >= 11 is 0. The summed E-state index contributed by atoms with van der Waals surface area (Å²) in [5, 5.41) is 0.987. The van der Waals surface area contributed by atoms with Crippen molar-refractivity contribution < 1.29 is 27.4 Å². The minimum Gasteiger partial charge on any atom is -0.490 e. The van der Waals surface area contributed by atoms with Crippen LogP contribution in [0.3, 0.4) is 0 Å². The van der Waals surface area contributed by atoms with Gasteiger partial charge >= 0.3 is 12.1 Å². The summed E-state index contributed by atoms with van der Waals surface area (Å²) < 4.78 is 55.2. The van der Waals surface area contributed by atoms with Crippen LogP contribution in [0.5, 0.6) is 5.75 Å². The van der Waals surface area contributed by atoms with Crippen molar-refractivity contribution in [1.29, 1.82) is 0 Å². The summed E-state index contributed by atoms with van der Waals surface area (Å²) in [6.45, 7) is 9.25. The fourth-order valence-electron chi connectivity index (χ4n) is 5.59. The number of hydrogen-bond acceptors (Lipinski definition) is 3. The average molecular weight is 542 g/mol. The van der Waals surface area contributed by atoms with E-state index in [1.54, 1.807) is 12.1 Å². The maximum Gasteiger partial charge on any atom is 0.398 e. The highest BCUT2D eigenvalue weighted by Crippen LogP contribution is 2.43. The first-order chi connectivity index (χ1) is 18.5. The molecule has 2 aromatic carbocycles. The minimum absolute atomic E-state index is 0.0719. The number of alkyl halides is 3. The first kappa shape index (κ1) is 28.8. The molecule has 7 heteroatoms. The van der Waals surface area contributed by atoms with Crippen molar-refractivity contribution in [1.82, 2.24) is 4.57 Å². The lowest BCUT2D eigenvalue weighted by Gasteiger charge is -2.27. The molecule has 4 rings (SSSR count). The SMILES string of the molecule is C=C(C)C(=O)OC1CCC(Oc2ccc3cc(-c4ccc(CCCCC)cc4CC)n(C)c3c2)C1C(F)(F)F. The Labute approximate surface area is 228 Å². The number of carbonyl (C=O) groups is 1. The molecule has 1 saturated carbocycles. The van der Waals surface area contributed by atoms with E-state index in [1.165, 1.54) is 37.3 Å². The predicted molar refractivity (Wildman–Crippen MR) is 149 cm³/mol. The Morgan fingerprint density at radius 1 is 1.05 bits per heavy atom. The molecule has 3 atom stereocenters. The molecule has 39 heavy (non-hydrogen) atoms. The lowest BCUT2D eigenvalue weighted by molar-refractivity contribution is -0.215. The van der Waals surface area contributed by atoms with Crippen LogP contribution in [0, 0.1) is 5.92 Å². The molecule has 210 valence electrons. The number of esters is 1. The zero-order chi connectivity index (χ0) is 28.3. The number of benzene rings is 2. The standard InChI is InChI=1S/C32H38F3NO3/c1-6-8-9-10-21-11-14-25(22(7-2)17-21)27-18-23-12-13-24(19-26(23)36(27)5)38-28-15-16-29(30(28)32(33,34)35)39-31(37)20(3)4/h11-14,17-19,28-30H,3,6-10,15-16H2,1-2,4-5H3. The van der Waals surface area contributed by atoms with Crippen molar-refractivity contribution in [2.24, 2.45) is 13.0 Å². The zero-order valence-electron chi connectivity index (χ0n) is 23.2. The van der Waals surface area contributed by atoms with E-state index >= 15 is 0 Å². The molecule has 1 fully saturated rings. The highest BCUT2D eigenvalue weighted by Gasteiger charge is 2.55. The summed E-state index contributed by atoms with van der Waals surface area (Å²) in [6.07, 6.45) is -1.19. The van der Waals surface area contributed by atoms with E-state index in [9.17, 15) is 18.0 Å². The van der Waals surface area contributed by atoms with E-state index in [0.717, 1.165) is 35.0 Å². The Morgan fingerprint density at radius 3 is 2.46 bits per heavy atom. The molecule has 4 nitrogen and oxygen atoms in total. The Kier molecular flexibility index (Phi) is 8.77. The van der Waals surface area contributed by atoms with Gasteiger partial charge < -0.3 is 14.0 Å². The quantitative estimate of drug-likeness (QED) is 0.147. The lowest BCUT2D eigenvalue weighted by atomic mass is 9.97. The van der Waals surface area contributed by atoms with Gasteiger partial charge in [0.25, 0.3) is 0 Å². The molecule has 0 bridgehead atoms. The van der Waals surface area contributed by atoms with Gasteiger partial charge in [0.1, 0.15) is 23.9 Å². The number of halogens is 3. The fraction of sp³-hybridized carbons (Fsp3) is 0.469. The maximum atomic E-state index is 14.0. The molecular formula is C32H38F3NO3. The number of hydrogen-bond donors (Lipinski definition) is 0. The molecule has 0 N–H and O–H groups in total. The molecule has 3 aromatic rings. The number of rotatable bonds is 10. The Bertz CT molecular complexity index is 1340. The third-order valence-electron chi connectivity index (χ3n) is 7.72. The van der Waals surface area contributed by atoms with E-state index in [-0.39, 0.29) is 18.4 Å². The van der Waals surface area contributed by atoms with Crippen LogP contribution in [0.4, 0.5) is 13.2 Å². The van der Waals surface area contributed by atoms with Gasteiger partial charge in [0.2, 0.25) is 0 Å². The highest BCUT2D eigenvalue weighted by atomic mass is 19.4. The molecular weight excluding hydrogens is 503 g/mol. The van der Waals surface area contributed by atoms with Crippen molar-refractivity contribution in [2.75, 3.05) is 0 Å². The fourth-order valence-corrected chi connectivity index (χ4v) is 5.59. The maximum absolute atomic E-state index is 14.0. The van der Waals surface area contributed by atoms with Crippen LogP contribution in [0.15, 0.2) is 54.6 Å². The highest BCUT2D eigenvalue weighted by molar-refractivity contribution is 5.89. The number of fused-ring (bicyclic) bond motifs is 1. The van der Waals surface area contributed by atoms with Crippen LogP contribution in [0.2, 0.25) is 0 Å². The van der Waals surface area contributed by atoms with E-state index in [2.05, 4.69) is 49.3 Å². The summed E-state index contributed by atoms with van der Waals surface area (Å²) in [4.78, 5) is 11.9. The van der Waals surface area contributed by atoms with Crippen LogP contribution >= 0.6 is 0 Å². The van der Waals surface area contributed by atoms with Crippen LogP contribution in [-0.4, -0.2) is 28.9 Å². The summed E-state index contributed by atoms with van der Waals surface area (Å²) in [6, 6.07) is 14.2. The Hall–Kier alpha value is -3.22. The van der Waals surface area contributed by atoms with Gasteiger partial charge in [-0.15, -0.1) is 0 Å². The smallest absolute Gasteiger partial charge is 0.398 e. The van der Waals surface area contributed by atoms with Crippen LogP contribution in [0.25, 0.3) is 22.2 Å². The number of carbonyl (C=O) groups excluding carboxylic acids is 1. The van der Waals surface area contributed by atoms with Crippen molar-refractivity contribution in [3.05, 3.63) is 65.7 Å². The van der Waals surface area contributed by atoms with Gasteiger partial charge in [-0.1, -0.05) is 51.5 Å². The zero-order valence-corrected chi connectivity index (χ0v) is 23.2. The number of unbranched alkanes of at least 4 members (excludes halogenated alkanes) is 2. The lowest BCUT2D eigenvalue weighted by Crippen LogP contribution is -2.41. The Morgan fingerprint density at radius 2 is 1.79 bits per heavy atom. The van der Waals surface area contributed by atoms with Crippen molar-refractivity contribution >= 4 is 16.9 Å². The van der Waals surface area contributed by atoms with E-state index in [0.29, 0.717) is 5.75 Å². The molecule has 0 radical (unpaired) electrons. The number of ether oxygens (including phenoxy) is 2. The van der Waals surface area contributed by atoms with Gasteiger partial charge in [-0.05, 0) is 68.4 Å². The topological polar surface area (TPSA) is 40.5 Å². The number of nitrogens with zero attached hydrogens (tertiary/aromatic N) is 1. The van der Waals surface area contributed by atoms with E-state index < -0.39 is 30.3 Å². The minimum atomic E-state index is -4.57. The first-order valence-electron chi connectivity index (χ1n) is 13.8. The molecule has 0 amide bonds. The normalized spacial score (nSPS) is 19.4. The molecule has 1 aliphatic carbocycles. The second-order valence-corrected chi connectivity index (χ2v) is 10.6.